The zero-order chi connectivity index (χ0) is 18.9. The third-order valence-corrected chi connectivity index (χ3v) is 5.73. The van der Waals surface area contributed by atoms with Crippen LogP contribution in [0.4, 0.5) is 4.79 Å². The highest BCUT2D eigenvalue weighted by Crippen LogP contribution is 2.35. The molecule has 1 saturated heterocycles. The number of sulfone groups is 1. The Morgan fingerprint density at radius 2 is 1.68 bits per heavy atom. The summed E-state index contributed by atoms with van der Waals surface area (Å²) in [5.74, 6) is 0. The molecule has 0 bridgehead atoms. The average molecular weight is 368 g/mol. The molecule has 1 aromatic carbocycles. The Kier molecular flexibility index (Phi) is 5.52. The topological polar surface area (TPSA) is 63.7 Å². The molecule has 0 radical (unpaired) electrons. The Hall–Kier alpha value is -1.56. The van der Waals surface area contributed by atoms with Crippen LogP contribution in [0.25, 0.3) is 0 Å². The highest BCUT2D eigenvalue weighted by atomic mass is 32.2. The predicted octanol–water partition coefficient (Wildman–Crippen LogP) is 3.67. The lowest BCUT2D eigenvalue weighted by Crippen LogP contribution is -2.45. The molecule has 1 fully saturated rings. The fourth-order valence-electron chi connectivity index (χ4n) is 3.08. The number of rotatable bonds is 3. The van der Waals surface area contributed by atoms with Crippen LogP contribution in [0.1, 0.15) is 46.1 Å². The molecule has 1 aliphatic rings. The SMILES string of the molecule is CC1(Cc2ccc(S(C)(=O)=O)cc2)CCN(C(=O)OC(C)(C)C)CC1. The van der Waals surface area contributed by atoms with E-state index < -0.39 is 15.4 Å². The van der Waals surface area contributed by atoms with E-state index in [1.165, 1.54) is 6.26 Å². The van der Waals surface area contributed by atoms with Gasteiger partial charge in [-0.1, -0.05) is 19.1 Å². The van der Waals surface area contributed by atoms with Gasteiger partial charge in [0.2, 0.25) is 0 Å². The maximum absolute atomic E-state index is 12.2. The molecule has 0 atom stereocenters. The maximum Gasteiger partial charge on any atom is 0.410 e. The average Bonchev–Trinajstić information content (AvgIpc) is 2.45. The van der Waals surface area contributed by atoms with Gasteiger partial charge in [0.25, 0.3) is 0 Å². The van der Waals surface area contributed by atoms with Gasteiger partial charge in [-0.3, -0.25) is 0 Å². The van der Waals surface area contributed by atoms with Crippen molar-refractivity contribution in [3.8, 4) is 0 Å². The van der Waals surface area contributed by atoms with Gasteiger partial charge in [0, 0.05) is 19.3 Å². The van der Waals surface area contributed by atoms with Gasteiger partial charge in [-0.25, -0.2) is 13.2 Å². The van der Waals surface area contributed by atoms with Gasteiger partial charge in [0.15, 0.2) is 9.84 Å². The molecule has 0 unspecified atom stereocenters. The molecule has 5 nitrogen and oxygen atoms in total. The predicted molar refractivity (Wildman–Crippen MR) is 98.4 cm³/mol. The number of benzene rings is 1. The summed E-state index contributed by atoms with van der Waals surface area (Å²) in [7, 11) is -3.16. The smallest absolute Gasteiger partial charge is 0.410 e. The Bertz CT molecular complexity index is 709. The first-order chi connectivity index (χ1) is 11.4. The lowest BCUT2D eigenvalue weighted by atomic mass is 9.75. The Balaban J connectivity index is 1.95. The summed E-state index contributed by atoms with van der Waals surface area (Å²) in [6, 6.07) is 7.12. The molecule has 0 aliphatic carbocycles. The number of likely N-dealkylation sites (tertiary alicyclic amines) is 1. The minimum Gasteiger partial charge on any atom is -0.444 e. The molecule has 0 N–H and O–H groups in total. The number of carbonyl (C=O) groups is 1. The minimum atomic E-state index is -3.16. The van der Waals surface area contributed by atoms with E-state index in [0.29, 0.717) is 18.0 Å². The van der Waals surface area contributed by atoms with Crippen molar-refractivity contribution >= 4 is 15.9 Å². The Labute approximate surface area is 151 Å². The third kappa shape index (κ3) is 5.73. The second-order valence-corrected chi connectivity index (χ2v) is 10.4. The molecule has 25 heavy (non-hydrogen) atoms. The summed E-state index contributed by atoms with van der Waals surface area (Å²) in [5, 5.41) is 0. The van der Waals surface area contributed by atoms with Crippen LogP contribution in [0.5, 0.6) is 0 Å². The van der Waals surface area contributed by atoms with Gasteiger partial charge in [0.05, 0.1) is 4.90 Å². The van der Waals surface area contributed by atoms with Gasteiger partial charge < -0.3 is 9.64 Å². The zero-order valence-corrected chi connectivity index (χ0v) is 16.6. The van der Waals surface area contributed by atoms with E-state index in [4.69, 9.17) is 4.74 Å². The van der Waals surface area contributed by atoms with E-state index in [0.717, 1.165) is 24.8 Å². The van der Waals surface area contributed by atoms with E-state index in [-0.39, 0.29) is 11.5 Å². The van der Waals surface area contributed by atoms with Crippen molar-refractivity contribution in [2.75, 3.05) is 19.3 Å². The number of carbonyl (C=O) groups excluding carboxylic acids is 1. The third-order valence-electron chi connectivity index (χ3n) is 4.60. The second-order valence-electron chi connectivity index (χ2n) is 8.37. The lowest BCUT2D eigenvalue weighted by Gasteiger charge is -2.40. The molecule has 0 spiro atoms. The van der Waals surface area contributed by atoms with Gasteiger partial charge in [-0.15, -0.1) is 0 Å². The summed E-state index contributed by atoms with van der Waals surface area (Å²) in [4.78, 5) is 14.3. The summed E-state index contributed by atoms with van der Waals surface area (Å²) in [6.07, 6.45) is 3.65. The van der Waals surface area contributed by atoms with Crippen LogP contribution in [0.2, 0.25) is 0 Å². The molecule has 1 aliphatic heterocycles. The summed E-state index contributed by atoms with van der Waals surface area (Å²) >= 11 is 0. The van der Waals surface area contributed by atoms with Crippen molar-refractivity contribution in [3.05, 3.63) is 29.8 Å². The minimum absolute atomic E-state index is 0.102. The molecule has 1 aromatic rings. The van der Waals surface area contributed by atoms with E-state index in [1.54, 1.807) is 17.0 Å². The molecule has 0 aromatic heterocycles. The molecule has 2 rings (SSSR count). The van der Waals surface area contributed by atoms with Crippen LogP contribution in [0, 0.1) is 5.41 Å². The Morgan fingerprint density at radius 3 is 2.12 bits per heavy atom. The van der Waals surface area contributed by atoms with Gasteiger partial charge in [-0.05, 0) is 63.1 Å². The van der Waals surface area contributed by atoms with Crippen LogP contribution in [-0.4, -0.2) is 44.4 Å². The number of ether oxygens (including phenoxy) is 1. The molecule has 0 saturated carbocycles. The quantitative estimate of drug-likeness (QED) is 0.818. The van der Waals surface area contributed by atoms with Crippen LogP contribution < -0.4 is 0 Å². The van der Waals surface area contributed by atoms with Gasteiger partial charge in [0.1, 0.15) is 5.60 Å². The monoisotopic (exact) mass is 367 g/mol. The lowest BCUT2D eigenvalue weighted by molar-refractivity contribution is 0.0119. The van der Waals surface area contributed by atoms with Gasteiger partial charge in [-0.2, -0.15) is 0 Å². The fraction of sp³-hybridized carbons (Fsp3) is 0.632. The van der Waals surface area contributed by atoms with Crippen molar-refractivity contribution in [1.29, 1.82) is 0 Å². The van der Waals surface area contributed by atoms with Crippen molar-refractivity contribution in [2.24, 2.45) is 5.41 Å². The van der Waals surface area contributed by atoms with E-state index in [1.807, 2.05) is 32.9 Å². The first kappa shape index (κ1) is 19.8. The molecule has 140 valence electrons. The van der Waals surface area contributed by atoms with Crippen molar-refractivity contribution in [3.63, 3.8) is 0 Å². The maximum atomic E-state index is 12.2. The van der Waals surface area contributed by atoms with E-state index in [2.05, 4.69) is 6.92 Å². The summed E-state index contributed by atoms with van der Waals surface area (Å²) in [5.41, 5.74) is 0.755. The first-order valence-corrected chi connectivity index (χ1v) is 10.5. The number of nitrogens with zero attached hydrogens (tertiary/aromatic N) is 1. The fourth-order valence-corrected chi connectivity index (χ4v) is 3.71. The van der Waals surface area contributed by atoms with Crippen molar-refractivity contribution in [1.82, 2.24) is 4.90 Å². The standard InChI is InChI=1S/C19H29NO4S/c1-18(2,3)24-17(21)20-12-10-19(4,11-13-20)14-15-6-8-16(9-7-15)25(5,22)23/h6-9H,10-14H2,1-5H3. The van der Waals surface area contributed by atoms with Gasteiger partial charge >= 0.3 is 6.09 Å². The van der Waals surface area contributed by atoms with Crippen molar-refractivity contribution < 1.29 is 17.9 Å². The summed E-state index contributed by atoms with van der Waals surface area (Å²) in [6.45, 7) is 9.22. The normalized spacial score (nSPS) is 18.0. The van der Waals surface area contributed by atoms with E-state index >= 15 is 0 Å². The molecule has 1 amide bonds. The number of hydrogen-bond donors (Lipinski definition) is 0. The number of piperidine rings is 1. The highest BCUT2D eigenvalue weighted by molar-refractivity contribution is 7.90. The van der Waals surface area contributed by atoms with Crippen LogP contribution in [-0.2, 0) is 21.0 Å². The second kappa shape index (κ2) is 6.98. The van der Waals surface area contributed by atoms with Crippen LogP contribution in [0.15, 0.2) is 29.2 Å². The number of amides is 1. The van der Waals surface area contributed by atoms with Crippen LogP contribution in [0.3, 0.4) is 0 Å². The zero-order valence-electron chi connectivity index (χ0n) is 15.8. The molecular weight excluding hydrogens is 338 g/mol. The molecule has 1 heterocycles. The van der Waals surface area contributed by atoms with E-state index in [9.17, 15) is 13.2 Å². The molecular formula is C19H29NO4S. The summed E-state index contributed by atoms with van der Waals surface area (Å²) < 4.78 is 28.5. The van der Waals surface area contributed by atoms with Crippen LogP contribution >= 0.6 is 0 Å². The Morgan fingerprint density at radius 1 is 1.16 bits per heavy atom. The van der Waals surface area contributed by atoms with Crippen molar-refractivity contribution in [2.45, 2.75) is 57.5 Å². The largest absolute Gasteiger partial charge is 0.444 e. The first-order valence-electron chi connectivity index (χ1n) is 8.65. The molecule has 6 heteroatoms. The highest BCUT2D eigenvalue weighted by Gasteiger charge is 2.33. The number of hydrogen-bond acceptors (Lipinski definition) is 4.